The molecule has 1 N–H and O–H groups in total. The smallest absolute Gasteiger partial charge is 0.252 e. The van der Waals surface area contributed by atoms with Crippen molar-refractivity contribution < 1.29 is 4.79 Å². The number of aryl methyl sites for hydroxylation is 1. The van der Waals surface area contributed by atoms with Gasteiger partial charge in [0.2, 0.25) is 0 Å². The Morgan fingerprint density at radius 3 is 2.36 bits per heavy atom. The summed E-state index contributed by atoms with van der Waals surface area (Å²) in [6.07, 6.45) is 8.55. The van der Waals surface area contributed by atoms with E-state index >= 15 is 0 Å². The van der Waals surface area contributed by atoms with E-state index in [4.69, 9.17) is 0 Å². The number of hydrogen-bond acceptors (Lipinski definition) is 3. The van der Waals surface area contributed by atoms with Gasteiger partial charge in [0.25, 0.3) is 5.91 Å². The van der Waals surface area contributed by atoms with Crippen molar-refractivity contribution >= 4 is 16.8 Å². The van der Waals surface area contributed by atoms with Crippen LogP contribution in [-0.4, -0.2) is 28.4 Å². The van der Waals surface area contributed by atoms with Gasteiger partial charge in [-0.05, 0) is 93.7 Å². The number of pyridine rings is 1. The number of rotatable bonds is 5. The van der Waals surface area contributed by atoms with E-state index in [2.05, 4.69) is 39.5 Å². The number of aromatic nitrogens is 1. The lowest BCUT2D eigenvalue weighted by Gasteiger charge is -2.31. The lowest BCUT2D eigenvalue weighted by Crippen LogP contribution is -2.38. The molecule has 1 aromatic heterocycles. The largest absolute Gasteiger partial charge is 0.349 e. The van der Waals surface area contributed by atoms with Crippen molar-refractivity contribution in [1.29, 1.82) is 0 Å². The molecule has 3 heterocycles. The van der Waals surface area contributed by atoms with Crippen LogP contribution < -0.4 is 5.32 Å². The maximum Gasteiger partial charge on any atom is 0.252 e. The fraction of sp³-hybridized carbons (Fsp3) is 0.448. The average molecular weight is 440 g/mol. The van der Waals surface area contributed by atoms with Gasteiger partial charge < -0.3 is 5.32 Å². The Morgan fingerprint density at radius 2 is 1.64 bits per heavy atom. The average Bonchev–Trinajstić information content (AvgIpc) is 3.39. The molecular formula is C29H33N3O. The summed E-state index contributed by atoms with van der Waals surface area (Å²) in [5, 5.41) is 4.26. The summed E-state index contributed by atoms with van der Waals surface area (Å²) in [7, 11) is 0. The molecule has 2 atom stereocenters. The number of nitrogens with one attached hydrogen (secondary N) is 1. The van der Waals surface area contributed by atoms with Crippen LogP contribution in [0.5, 0.6) is 0 Å². The molecule has 0 radical (unpaired) electrons. The van der Waals surface area contributed by atoms with E-state index in [9.17, 15) is 4.79 Å². The van der Waals surface area contributed by atoms with E-state index in [1.807, 2.05) is 37.3 Å². The minimum atomic E-state index is 0.0427. The SMILES string of the molecule is Cc1ccc2c(C(=O)NC3CCC(CCN4C5CCC4c4ccccc45)CC3)cccc2n1. The van der Waals surface area contributed by atoms with Gasteiger partial charge in [-0.15, -0.1) is 0 Å². The highest BCUT2D eigenvalue weighted by Crippen LogP contribution is 2.53. The number of carbonyl (C=O) groups excluding carboxylic acids is 1. The number of hydrogen-bond donors (Lipinski definition) is 1. The van der Waals surface area contributed by atoms with Crippen LogP contribution >= 0.6 is 0 Å². The van der Waals surface area contributed by atoms with Crippen molar-refractivity contribution in [2.24, 2.45) is 5.92 Å². The van der Waals surface area contributed by atoms with E-state index in [1.54, 1.807) is 11.1 Å². The third-order valence-electron chi connectivity index (χ3n) is 8.32. The summed E-state index contributed by atoms with van der Waals surface area (Å²) >= 11 is 0. The predicted molar refractivity (Wildman–Crippen MR) is 132 cm³/mol. The van der Waals surface area contributed by atoms with E-state index < -0.39 is 0 Å². The van der Waals surface area contributed by atoms with Gasteiger partial charge in [0.15, 0.2) is 0 Å². The van der Waals surface area contributed by atoms with Crippen LogP contribution in [0.1, 0.15) is 84.2 Å². The van der Waals surface area contributed by atoms with Crippen LogP contribution in [-0.2, 0) is 0 Å². The zero-order valence-corrected chi connectivity index (χ0v) is 19.5. The number of carbonyl (C=O) groups is 1. The Morgan fingerprint density at radius 1 is 0.909 bits per heavy atom. The molecule has 2 aromatic carbocycles. The second-order valence-corrected chi connectivity index (χ2v) is 10.3. The lowest BCUT2D eigenvalue weighted by molar-refractivity contribution is 0.0920. The molecule has 3 aliphatic rings. The van der Waals surface area contributed by atoms with Crippen LogP contribution in [0.3, 0.4) is 0 Å². The molecule has 1 aliphatic carbocycles. The number of fused-ring (bicyclic) bond motifs is 6. The highest BCUT2D eigenvalue weighted by Gasteiger charge is 2.43. The molecular weight excluding hydrogens is 406 g/mol. The first-order chi connectivity index (χ1) is 16.2. The molecule has 1 saturated heterocycles. The first-order valence-corrected chi connectivity index (χ1v) is 12.7. The first kappa shape index (κ1) is 20.9. The maximum absolute atomic E-state index is 13.0. The predicted octanol–water partition coefficient (Wildman–Crippen LogP) is 6.11. The molecule has 170 valence electrons. The Balaban J connectivity index is 1.02. The molecule has 2 unspecified atom stereocenters. The third-order valence-corrected chi connectivity index (χ3v) is 8.32. The molecule has 3 aromatic rings. The standard InChI is InChI=1S/C29H33N3O/c1-19-9-14-22-25(7-4-8-26(22)30-19)29(33)31-21-12-10-20(11-13-21)17-18-32-27-15-16-28(32)24-6-3-2-5-23(24)27/h2-9,14,20-21,27-28H,10-13,15-18H2,1H3,(H,31,33). The Kier molecular flexibility index (Phi) is 5.41. The van der Waals surface area contributed by atoms with Gasteiger partial charge in [-0.3, -0.25) is 14.7 Å². The summed E-state index contributed by atoms with van der Waals surface area (Å²) in [6.45, 7) is 3.20. The maximum atomic E-state index is 13.0. The Hall–Kier alpha value is -2.72. The fourth-order valence-electron chi connectivity index (χ4n) is 6.61. The van der Waals surface area contributed by atoms with Crippen molar-refractivity contribution in [3.05, 3.63) is 77.0 Å². The van der Waals surface area contributed by atoms with Crippen molar-refractivity contribution in [2.45, 2.75) is 70.0 Å². The first-order valence-electron chi connectivity index (χ1n) is 12.7. The van der Waals surface area contributed by atoms with E-state index in [0.29, 0.717) is 12.1 Å². The second kappa shape index (κ2) is 8.57. The van der Waals surface area contributed by atoms with Crippen molar-refractivity contribution in [2.75, 3.05) is 6.54 Å². The van der Waals surface area contributed by atoms with Gasteiger partial charge >= 0.3 is 0 Å². The van der Waals surface area contributed by atoms with E-state index in [1.165, 1.54) is 38.6 Å². The quantitative estimate of drug-likeness (QED) is 0.521. The fourth-order valence-corrected chi connectivity index (χ4v) is 6.61. The van der Waals surface area contributed by atoms with Crippen LogP contribution in [0.25, 0.3) is 10.9 Å². The molecule has 1 saturated carbocycles. The van der Waals surface area contributed by atoms with Gasteiger partial charge in [0.05, 0.1) is 5.52 Å². The highest BCUT2D eigenvalue weighted by atomic mass is 16.1. The molecule has 0 spiro atoms. The summed E-state index contributed by atoms with van der Waals surface area (Å²) in [5.74, 6) is 0.826. The van der Waals surface area contributed by atoms with Gasteiger partial charge in [0, 0.05) is 34.8 Å². The number of amides is 1. The van der Waals surface area contributed by atoms with Crippen molar-refractivity contribution in [3.8, 4) is 0 Å². The van der Waals surface area contributed by atoms with E-state index in [0.717, 1.165) is 40.9 Å². The lowest BCUT2D eigenvalue weighted by atomic mass is 9.84. The monoisotopic (exact) mass is 439 g/mol. The number of benzene rings is 2. The molecule has 2 bridgehead atoms. The van der Waals surface area contributed by atoms with Crippen LogP contribution in [0, 0.1) is 12.8 Å². The highest BCUT2D eigenvalue weighted by molar-refractivity contribution is 6.06. The van der Waals surface area contributed by atoms with E-state index in [-0.39, 0.29) is 11.9 Å². The molecule has 1 amide bonds. The van der Waals surface area contributed by atoms with Gasteiger partial charge in [-0.1, -0.05) is 36.4 Å². The third kappa shape index (κ3) is 3.85. The molecule has 2 fully saturated rings. The zero-order chi connectivity index (χ0) is 22.4. The minimum absolute atomic E-state index is 0.0427. The summed E-state index contributed by atoms with van der Waals surface area (Å²) in [4.78, 5) is 20.4. The molecule has 4 heteroatoms. The molecule has 33 heavy (non-hydrogen) atoms. The molecule has 4 nitrogen and oxygen atoms in total. The molecule has 2 aliphatic heterocycles. The minimum Gasteiger partial charge on any atom is -0.349 e. The van der Waals surface area contributed by atoms with Gasteiger partial charge in [0.1, 0.15) is 0 Å². The van der Waals surface area contributed by atoms with Gasteiger partial charge in [-0.2, -0.15) is 0 Å². The number of nitrogens with zero attached hydrogens (tertiary/aromatic N) is 2. The van der Waals surface area contributed by atoms with Crippen LogP contribution in [0.15, 0.2) is 54.6 Å². The molecule has 6 rings (SSSR count). The Bertz CT molecular complexity index is 1150. The summed E-state index contributed by atoms with van der Waals surface area (Å²) in [6, 6.07) is 20.5. The van der Waals surface area contributed by atoms with Crippen molar-refractivity contribution in [3.63, 3.8) is 0 Å². The Labute approximate surface area is 196 Å². The zero-order valence-electron chi connectivity index (χ0n) is 19.5. The van der Waals surface area contributed by atoms with Crippen molar-refractivity contribution in [1.82, 2.24) is 15.2 Å². The second-order valence-electron chi connectivity index (χ2n) is 10.3. The summed E-state index contributed by atoms with van der Waals surface area (Å²) in [5.41, 5.74) is 5.78. The summed E-state index contributed by atoms with van der Waals surface area (Å²) < 4.78 is 0. The topological polar surface area (TPSA) is 45.2 Å². The van der Waals surface area contributed by atoms with Crippen LogP contribution in [0.4, 0.5) is 0 Å². The van der Waals surface area contributed by atoms with Gasteiger partial charge in [-0.25, -0.2) is 0 Å². The van der Waals surface area contributed by atoms with Crippen LogP contribution in [0.2, 0.25) is 0 Å². The normalized spacial score (nSPS) is 26.5.